The first-order valence-corrected chi connectivity index (χ1v) is 10.5. The molecule has 1 saturated heterocycles. The molecule has 3 rings (SSSR count). The second-order valence-corrected chi connectivity index (χ2v) is 9.11. The van der Waals surface area contributed by atoms with Gasteiger partial charge in [0, 0.05) is 0 Å². The molecule has 0 spiro atoms. The number of benzene rings is 2. The highest BCUT2D eigenvalue weighted by atomic mass is 19.3. The van der Waals surface area contributed by atoms with E-state index in [-0.39, 0.29) is 24.3 Å². The van der Waals surface area contributed by atoms with Gasteiger partial charge in [-0.1, -0.05) is 45.0 Å². The number of alkyl halides is 2. The average molecular weight is 462 g/mol. The Morgan fingerprint density at radius 2 is 1.61 bits per heavy atom. The summed E-state index contributed by atoms with van der Waals surface area (Å²) in [5, 5.41) is 13.0. The Bertz CT molecular complexity index is 989. The molecule has 9 heteroatoms. The predicted octanol–water partition coefficient (Wildman–Crippen LogP) is 3.79. The van der Waals surface area contributed by atoms with Crippen LogP contribution in [0, 0.1) is 0 Å². The number of imide groups is 1. The summed E-state index contributed by atoms with van der Waals surface area (Å²) in [5.41, 5.74) is 0.145. The lowest BCUT2D eigenvalue weighted by Gasteiger charge is -2.23. The second-order valence-electron chi connectivity index (χ2n) is 9.11. The van der Waals surface area contributed by atoms with Gasteiger partial charge in [0.25, 0.3) is 5.91 Å². The van der Waals surface area contributed by atoms with Crippen molar-refractivity contribution in [3.05, 3.63) is 59.7 Å². The fraction of sp³-hybridized carbons (Fsp3) is 0.417. The minimum Gasteiger partial charge on any atom is -0.491 e. The van der Waals surface area contributed by atoms with Crippen LogP contribution in [0.25, 0.3) is 0 Å². The second kappa shape index (κ2) is 9.35. The summed E-state index contributed by atoms with van der Waals surface area (Å²) < 4.78 is 34.6. The van der Waals surface area contributed by atoms with Crippen LogP contribution in [0.15, 0.2) is 48.5 Å². The van der Waals surface area contributed by atoms with E-state index in [2.05, 4.69) is 30.8 Å². The van der Waals surface area contributed by atoms with Crippen molar-refractivity contribution in [1.82, 2.24) is 10.2 Å². The number of amides is 3. The highest BCUT2D eigenvalue weighted by Gasteiger charge is 2.49. The lowest BCUT2D eigenvalue weighted by atomic mass is 9.87. The van der Waals surface area contributed by atoms with E-state index in [1.807, 2.05) is 12.1 Å². The molecular formula is C24H28F2N2O5. The van der Waals surface area contributed by atoms with Crippen LogP contribution < -0.4 is 14.8 Å². The first-order chi connectivity index (χ1) is 15.4. The van der Waals surface area contributed by atoms with Crippen LogP contribution in [0.5, 0.6) is 11.5 Å². The van der Waals surface area contributed by atoms with Gasteiger partial charge >= 0.3 is 12.6 Å². The topological polar surface area (TPSA) is 88.1 Å². The van der Waals surface area contributed by atoms with Crippen molar-refractivity contribution >= 4 is 11.9 Å². The molecule has 3 amide bonds. The molecule has 1 aliphatic rings. The molecule has 2 aromatic rings. The zero-order chi connectivity index (χ0) is 24.4. The number of aliphatic hydroxyl groups is 1. The minimum absolute atomic E-state index is 0.00440. The third-order valence-electron chi connectivity index (χ3n) is 5.49. The van der Waals surface area contributed by atoms with Gasteiger partial charge < -0.3 is 19.9 Å². The van der Waals surface area contributed by atoms with Gasteiger partial charge in [-0.05, 0) is 47.7 Å². The Morgan fingerprint density at radius 3 is 2.15 bits per heavy atom. The van der Waals surface area contributed by atoms with E-state index < -0.39 is 30.2 Å². The largest absolute Gasteiger partial charge is 0.491 e. The summed E-state index contributed by atoms with van der Waals surface area (Å²) in [6.07, 6.45) is -1.11. The highest BCUT2D eigenvalue weighted by Crippen LogP contribution is 2.30. The Kier molecular flexibility index (Phi) is 6.92. The molecule has 2 aromatic carbocycles. The smallest absolute Gasteiger partial charge is 0.387 e. The molecule has 1 heterocycles. The zero-order valence-electron chi connectivity index (χ0n) is 19.0. The van der Waals surface area contributed by atoms with E-state index >= 15 is 0 Å². The van der Waals surface area contributed by atoms with E-state index in [1.165, 1.54) is 31.2 Å². The van der Waals surface area contributed by atoms with E-state index in [4.69, 9.17) is 4.74 Å². The number of rotatable bonds is 8. The monoisotopic (exact) mass is 462 g/mol. The molecule has 2 unspecified atom stereocenters. The standard InChI is InChI=1S/C24H28F2N2O5/c1-23(2,3)15-5-9-18(10-6-15)32-14-17(29)13-28-20(30)24(4,27-22(28)31)16-7-11-19(12-8-16)33-21(25)26/h5-12,17,21,29H,13-14H2,1-4H3,(H,27,31). The molecule has 33 heavy (non-hydrogen) atoms. The zero-order valence-corrected chi connectivity index (χ0v) is 19.0. The maximum atomic E-state index is 13.0. The van der Waals surface area contributed by atoms with Crippen LogP contribution in [-0.4, -0.2) is 47.8 Å². The summed E-state index contributed by atoms with van der Waals surface area (Å²) in [6.45, 7) is 4.48. The highest BCUT2D eigenvalue weighted by molar-refractivity contribution is 6.07. The number of halogens is 2. The quantitative estimate of drug-likeness (QED) is 0.583. The summed E-state index contributed by atoms with van der Waals surface area (Å²) in [6, 6.07) is 12.3. The molecule has 0 aliphatic carbocycles. The molecule has 2 atom stereocenters. The molecule has 0 radical (unpaired) electrons. The maximum absolute atomic E-state index is 13.0. The van der Waals surface area contributed by atoms with Crippen molar-refractivity contribution in [3.63, 3.8) is 0 Å². The number of carbonyl (C=O) groups excluding carboxylic acids is 2. The molecule has 2 N–H and O–H groups in total. The van der Waals surface area contributed by atoms with Crippen LogP contribution in [0.2, 0.25) is 0 Å². The third kappa shape index (κ3) is 5.60. The van der Waals surface area contributed by atoms with Crippen LogP contribution in [0.3, 0.4) is 0 Å². The Hall–Kier alpha value is -3.20. The molecule has 1 aliphatic heterocycles. The Labute approximate surface area is 191 Å². The van der Waals surface area contributed by atoms with E-state index in [0.29, 0.717) is 11.3 Å². The fourth-order valence-corrected chi connectivity index (χ4v) is 3.54. The minimum atomic E-state index is -2.96. The first-order valence-electron chi connectivity index (χ1n) is 10.5. The number of ether oxygens (including phenoxy) is 2. The Morgan fingerprint density at radius 1 is 1.03 bits per heavy atom. The van der Waals surface area contributed by atoms with Gasteiger partial charge in [-0.3, -0.25) is 9.69 Å². The molecule has 0 saturated carbocycles. The number of carbonyl (C=O) groups is 2. The van der Waals surface area contributed by atoms with Crippen molar-refractivity contribution in [2.45, 2.75) is 51.4 Å². The van der Waals surface area contributed by atoms with Crippen molar-refractivity contribution in [3.8, 4) is 11.5 Å². The van der Waals surface area contributed by atoms with Crippen LogP contribution in [0.4, 0.5) is 13.6 Å². The molecule has 0 aromatic heterocycles. The van der Waals surface area contributed by atoms with Crippen molar-refractivity contribution < 1.29 is 33.0 Å². The summed E-state index contributed by atoms with van der Waals surface area (Å²) in [4.78, 5) is 26.3. The lowest BCUT2D eigenvalue weighted by Crippen LogP contribution is -2.42. The van der Waals surface area contributed by atoms with Crippen molar-refractivity contribution in [2.75, 3.05) is 13.2 Å². The van der Waals surface area contributed by atoms with Gasteiger partial charge in [0.1, 0.15) is 29.7 Å². The van der Waals surface area contributed by atoms with Gasteiger partial charge in [-0.25, -0.2) is 4.79 Å². The number of aliphatic hydroxyl groups excluding tert-OH is 1. The summed E-state index contributed by atoms with van der Waals surface area (Å²) >= 11 is 0. The normalized spacial score (nSPS) is 19.6. The van der Waals surface area contributed by atoms with Crippen molar-refractivity contribution in [1.29, 1.82) is 0 Å². The van der Waals surface area contributed by atoms with Gasteiger partial charge in [-0.2, -0.15) is 8.78 Å². The molecular weight excluding hydrogens is 434 g/mol. The Balaban J connectivity index is 1.61. The third-order valence-corrected chi connectivity index (χ3v) is 5.49. The average Bonchev–Trinajstić information content (AvgIpc) is 2.96. The molecule has 1 fully saturated rings. The molecule has 178 valence electrons. The summed E-state index contributed by atoms with van der Waals surface area (Å²) in [7, 11) is 0. The van der Waals surface area contributed by atoms with Crippen LogP contribution >= 0.6 is 0 Å². The lowest BCUT2D eigenvalue weighted by molar-refractivity contribution is -0.132. The number of hydrogen-bond donors (Lipinski definition) is 2. The number of nitrogens with zero attached hydrogens (tertiary/aromatic N) is 1. The fourth-order valence-electron chi connectivity index (χ4n) is 3.54. The van der Waals surface area contributed by atoms with Crippen molar-refractivity contribution in [2.24, 2.45) is 0 Å². The number of hydrogen-bond acceptors (Lipinski definition) is 5. The number of β-amino-alcohol motifs (C(OH)–C–C–N with tert-alkyl or cyclic N) is 1. The van der Waals surface area contributed by atoms with E-state index in [0.717, 1.165) is 10.5 Å². The summed E-state index contributed by atoms with van der Waals surface area (Å²) in [5.74, 6) is -0.0621. The van der Waals surface area contributed by atoms with Crippen LogP contribution in [0.1, 0.15) is 38.8 Å². The molecule has 7 nitrogen and oxygen atoms in total. The number of nitrogens with one attached hydrogen (secondary N) is 1. The van der Waals surface area contributed by atoms with Gasteiger partial charge in [0.05, 0.1) is 6.54 Å². The maximum Gasteiger partial charge on any atom is 0.387 e. The van der Waals surface area contributed by atoms with Gasteiger partial charge in [0.2, 0.25) is 0 Å². The molecule has 0 bridgehead atoms. The van der Waals surface area contributed by atoms with E-state index in [9.17, 15) is 23.5 Å². The first kappa shape index (κ1) is 24.4. The predicted molar refractivity (Wildman–Crippen MR) is 117 cm³/mol. The number of urea groups is 1. The van der Waals surface area contributed by atoms with Gasteiger partial charge in [0.15, 0.2) is 0 Å². The SMILES string of the molecule is CC(C)(C)c1ccc(OCC(O)CN2C(=O)NC(C)(c3ccc(OC(F)F)cc3)C2=O)cc1. The van der Waals surface area contributed by atoms with Crippen LogP contribution in [-0.2, 0) is 15.7 Å². The van der Waals surface area contributed by atoms with Gasteiger partial charge in [-0.15, -0.1) is 0 Å². The van der Waals surface area contributed by atoms with E-state index in [1.54, 1.807) is 12.1 Å².